The number of carbonyl (C=O) groups is 1. The van der Waals surface area contributed by atoms with Crippen molar-refractivity contribution in [2.75, 3.05) is 39.2 Å². The van der Waals surface area contributed by atoms with Crippen LogP contribution in [0.15, 0.2) is 35.2 Å². The molecule has 0 unspecified atom stereocenters. The maximum atomic E-state index is 13.0. The van der Waals surface area contributed by atoms with E-state index in [1.807, 2.05) is 17.6 Å². The lowest BCUT2D eigenvalue weighted by Crippen LogP contribution is -2.47. The predicted molar refractivity (Wildman–Crippen MR) is 109 cm³/mol. The average Bonchev–Trinajstić information content (AvgIpc) is 3.16. The van der Waals surface area contributed by atoms with E-state index < -0.39 is 5.41 Å². The van der Waals surface area contributed by atoms with Gasteiger partial charge in [0, 0.05) is 31.3 Å². The summed E-state index contributed by atoms with van der Waals surface area (Å²) in [4.78, 5) is 19.5. The van der Waals surface area contributed by atoms with Crippen molar-refractivity contribution in [1.82, 2.24) is 15.2 Å². The summed E-state index contributed by atoms with van der Waals surface area (Å²) in [7, 11) is 3.74. The fraction of sp³-hybridized carbons (Fsp3) is 0.500. The van der Waals surface area contributed by atoms with Crippen LogP contribution >= 0.6 is 11.3 Å². The Kier molecular flexibility index (Phi) is 6.95. The number of ether oxygens (including phenoxy) is 1. The molecule has 2 aromatic rings. The zero-order valence-electron chi connectivity index (χ0n) is 16.0. The van der Waals surface area contributed by atoms with Gasteiger partial charge in [0.2, 0.25) is 5.91 Å². The van der Waals surface area contributed by atoms with Gasteiger partial charge >= 0.3 is 0 Å². The lowest BCUT2D eigenvalue weighted by molar-refractivity contribution is -0.130. The summed E-state index contributed by atoms with van der Waals surface area (Å²) < 4.78 is 5.37. The molecular weight excluding hydrogens is 360 g/mol. The van der Waals surface area contributed by atoms with Gasteiger partial charge in [0.1, 0.15) is 0 Å². The van der Waals surface area contributed by atoms with Crippen LogP contribution in [-0.4, -0.2) is 49.6 Å². The van der Waals surface area contributed by atoms with Crippen LogP contribution in [0, 0.1) is 5.41 Å². The molecule has 1 saturated heterocycles. The molecule has 1 aromatic heterocycles. The minimum absolute atomic E-state index is 0.0545. The van der Waals surface area contributed by atoms with Gasteiger partial charge in [-0.25, -0.2) is 4.98 Å². The molecule has 1 amide bonds. The van der Waals surface area contributed by atoms with Gasteiger partial charge < -0.3 is 15.4 Å². The molecule has 27 heavy (non-hydrogen) atoms. The van der Waals surface area contributed by atoms with Crippen molar-refractivity contribution in [1.29, 1.82) is 0 Å². The predicted octanol–water partition coefficient (Wildman–Crippen LogP) is 2.73. The van der Waals surface area contributed by atoms with E-state index in [-0.39, 0.29) is 5.91 Å². The molecule has 0 radical (unpaired) electrons. The number of benzene rings is 1. The summed E-state index contributed by atoms with van der Waals surface area (Å²) in [5.41, 5.74) is 4.50. The Bertz CT molecular complexity index is 724. The molecule has 0 aliphatic carbocycles. The Balaban J connectivity index is 1.63. The molecule has 0 bridgehead atoms. The largest absolute Gasteiger partial charge is 0.384 e. The average molecular weight is 389 g/mol. The molecule has 1 aromatic carbocycles. The lowest BCUT2D eigenvalue weighted by atomic mass is 9.78. The maximum Gasteiger partial charge on any atom is 0.233 e. The second-order valence-corrected chi connectivity index (χ2v) is 7.99. The quantitative estimate of drug-likeness (QED) is 0.728. The van der Waals surface area contributed by atoms with Gasteiger partial charge in [-0.15, -0.1) is 11.3 Å². The van der Waals surface area contributed by atoms with Crippen LogP contribution in [0.4, 0.5) is 5.69 Å². The first kappa shape index (κ1) is 19.9. The van der Waals surface area contributed by atoms with Crippen LogP contribution in [-0.2, 0) is 22.6 Å². The zero-order chi connectivity index (χ0) is 19.1. The van der Waals surface area contributed by atoms with Gasteiger partial charge in [-0.2, -0.15) is 0 Å². The summed E-state index contributed by atoms with van der Waals surface area (Å²) in [6.07, 6.45) is 1.59. The third kappa shape index (κ3) is 5.35. The number of rotatable bonds is 8. The number of methoxy groups -OCH3 is 1. The first-order chi connectivity index (χ1) is 13.1. The smallest absolute Gasteiger partial charge is 0.233 e. The topological polar surface area (TPSA) is 66.5 Å². The summed E-state index contributed by atoms with van der Waals surface area (Å²) in [5.74, 6) is 0.0545. The third-order valence-corrected chi connectivity index (χ3v) is 5.65. The second-order valence-electron chi connectivity index (χ2n) is 7.27. The number of nitrogens with one attached hydrogen (secondary N) is 2. The number of nitrogens with zero attached hydrogens (tertiary/aromatic N) is 2. The van der Waals surface area contributed by atoms with Crippen molar-refractivity contribution < 1.29 is 9.53 Å². The summed E-state index contributed by atoms with van der Waals surface area (Å²) in [6.45, 7) is 3.76. The van der Waals surface area contributed by atoms with E-state index in [4.69, 9.17) is 4.74 Å². The summed E-state index contributed by atoms with van der Waals surface area (Å²) in [5, 5.41) is 8.51. The number of amides is 1. The highest BCUT2D eigenvalue weighted by Crippen LogP contribution is 2.31. The van der Waals surface area contributed by atoms with Crippen molar-refractivity contribution >= 4 is 22.9 Å². The van der Waals surface area contributed by atoms with E-state index >= 15 is 0 Å². The number of aromatic nitrogens is 1. The van der Waals surface area contributed by atoms with Crippen LogP contribution in [0.25, 0.3) is 0 Å². The molecule has 1 aliphatic heterocycles. The van der Waals surface area contributed by atoms with Crippen LogP contribution in [0.3, 0.4) is 0 Å². The van der Waals surface area contributed by atoms with Gasteiger partial charge in [-0.05, 0) is 50.7 Å². The zero-order valence-corrected chi connectivity index (χ0v) is 16.8. The number of hydrogen-bond donors (Lipinski definition) is 2. The first-order valence-corrected chi connectivity index (χ1v) is 10.2. The molecule has 6 nitrogen and oxygen atoms in total. The second kappa shape index (κ2) is 9.41. The molecule has 2 heterocycles. The summed E-state index contributed by atoms with van der Waals surface area (Å²) >= 11 is 1.61. The number of thiazole rings is 1. The van der Waals surface area contributed by atoms with Crippen LogP contribution in [0.2, 0.25) is 0 Å². The fourth-order valence-corrected chi connectivity index (χ4v) is 4.14. The van der Waals surface area contributed by atoms with E-state index in [2.05, 4.69) is 45.1 Å². The molecule has 146 valence electrons. The van der Waals surface area contributed by atoms with Crippen LogP contribution in [0.5, 0.6) is 0 Å². The highest BCUT2D eigenvalue weighted by atomic mass is 32.1. The van der Waals surface area contributed by atoms with Gasteiger partial charge in [0.15, 0.2) is 0 Å². The number of piperidine rings is 1. The monoisotopic (exact) mass is 388 g/mol. The Morgan fingerprint density at radius 1 is 1.37 bits per heavy atom. The van der Waals surface area contributed by atoms with Crippen molar-refractivity contribution in [3.63, 3.8) is 0 Å². The lowest BCUT2D eigenvalue weighted by Gasteiger charge is -2.35. The Hall–Kier alpha value is -1.80. The minimum Gasteiger partial charge on any atom is -0.384 e. The van der Waals surface area contributed by atoms with Crippen LogP contribution in [0.1, 0.15) is 24.1 Å². The molecule has 2 N–H and O–H groups in total. The van der Waals surface area contributed by atoms with E-state index in [0.717, 1.165) is 56.0 Å². The van der Waals surface area contributed by atoms with Gasteiger partial charge in [-0.3, -0.25) is 9.69 Å². The SMILES string of the molecule is COCC1(C(=O)Nc2cccc(CN(C)Cc3cscn3)c2)CCNCC1. The highest BCUT2D eigenvalue weighted by Gasteiger charge is 2.39. The normalized spacial score (nSPS) is 16.4. The number of carbonyl (C=O) groups excluding carboxylic acids is 1. The first-order valence-electron chi connectivity index (χ1n) is 9.27. The van der Waals surface area contributed by atoms with Gasteiger partial charge in [-0.1, -0.05) is 12.1 Å². The van der Waals surface area contributed by atoms with E-state index in [1.165, 1.54) is 0 Å². The standard InChI is InChI=1S/C20H28N4O2S/c1-24(12-18-13-27-15-22-18)11-16-4-3-5-17(10-16)23-19(25)20(14-26-2)6-8-21-9-7-20/h3-5,10,13,15,21H,6-9,11-12,14H2,1-2H3,(H,23,25). The van der Waals surface area contributed by atoms with Gasteiger partial charge in [0.25, 0.3) is 0 Å². The third-order valence-electron chi connectivity index (χ3n) is 5.02. The minimum atomic E-state index is -0.447. The Morgan fingerprint density at radius 3 is 2.89 bits per heavy atom. The Labute approximate surface area is 164 Å². The summed E-state index contributed by atoms with van der Waals surface area (Å²) in [6, 6.07) is 8.08. The van der Waals surface area contributed by atoms with E-state index in [9.17, 15) is 4.79 Å². The molecule has 7 heteroatoms. The molecule has 3 rings (SSSR count). The highest BCUT2D eigenvalue weighted by molar-refractivity contribution is 7.07. The fourth-order valence-electron chi connectivity index (χ4n) is 3.59. The van der Waals surface area contributed by atoms with Crippen LogP contribution < -0.4 is 10.6 Å². The molecule has 1 aliphatic rings. The molecule has 1 fully saturated rings. The van der Waals surface area contributed by atoms with Crippen molar-refractivity contribution in [3.8, 4) is 0 Å². The molecular formula is C20H28N4O2S. The molecule has 0 saturated carbocycles. The van der Waals surface area contributed by atoms with E-state index in [1.54, 1.807) is 18.4 Å². The van der Waals surface area contributed by atoms with Crippen molar-refractivity contribution in [3.05, 3.63) is 46.4 Å². The van der Waals surface area contributed by atoms with Crippen molar-refractivity contribution in [2.24, 2.45) is 5.41 Å². The number of hydrogen-bond acceptors (Lipinski definition) is 6. The molecule has 0 spiro atoms. The molecule has 0 atom stereocenters. The number of anilines is 1. The van der Waals surface area contributed by atoms with E-state index in [0.29, 0.717) is 6.61 Å². The Morgan fingerprint density at radius 2 is 2.19 bits per heavy atom. The van der Waals surface area contributed by atoms with Gasteiger partial charge in [0.05, 0.1) is 23.2 Å². The maximum absolute atomic E-state index is 13.0. The van der Waals surface area contributed by atoms with Crippen molar-refractivity contribution in [2.45, 2.75) is 25.9 Å².